The molecule has 4 nitrogen and oxygen atoms in total. The molecule has 0 aliphatic heterocycles. The molecule has 0 radical (unpaired) electrons. The zero-order valence-corrected chi connectivity index (χ0v) is 18.8. The van der Waals surface area contributed by atoms with Crippen LogP contribution in [0.3, 0.4) is 0 Å². The van der Waals surface area contributed by atoms with Gasteiger partial charge in [0.1, 0.15) is 11.5 Å². The molecule has 0 fully saturated rings. The Bertz CT molecular complexity index is 1630. The number of aryl methyl sites for hydroxylation is 2. The van der Waals surface area contributed by atoms with E-state index in [1.165, 1.54) is 0 Å². The fourth-order valence-corrected chi connectivity index (χ4v) is 4.67. The molecular weight excluding hydrogens is 424 g/mol. The van der Waals surface area contributed by atoms with E-state index in [1.807, 2.05) is 68.4 Å². The molecule has 0 unspecified atom stereocenters. The van der Waals surface area contributed by atoms with Crippen LogP contribution in [0, 0.1) is 13.8 Å². The number of carbonyl (C=O) groups excluding carboxylic acids is 2. The van der Waals surface area contributed by atoms with Crippen molar-refractivity contribution in [1.82, 2.24) is 0 Å². The van der Waals surface area contributed by atoms with E-state index in [9.17, 15) is 19.8 Å². The van der Waals surface area contributed by atoms with E-state index in [2.05, 4.69) is 0 Å². The highest BCUT2D eigenvalue weighted by atomic mass is 16.3. The van der Waals surface area contributed by atoms with E-state index in [0.29, 0.717) is 38.4 Å². The van der Waals surface area contributed by atoms with E-state index in [-0.39, 0.29) is 23.1 Å². The summed E-state index contributed by atoms with van der Waals surface area (Å²) >= 11 is 0. The van der Waals surface area contributed by atoms with Crippen molar-refractivity contribution in [3.63, 3.8) is 0 Å². The molecule has 6 rings (SSSR count). The second-order valence-electron chi connectivity index (χ2n) is 8.44. The lowest BCUT2D eigenvalue weighted by Gasteiger charge is -2.18. The molecular formula is C30H22O4. The number of benzene rings is 5. The second kappa shape index (κ2) is 8.16. The van der Waals surface area contributed by atoms with Gasteiger partial charge in [0.2, 0.25) is 0 Å². The van der Waals surface area contributed by atoms with Crippen LogP contribution in [0.4, 0.5) is 0 Å². The third-order valence-electron chi connectivity index (χ3n) is 6.36. The first kappa shape index (κ1) is 21.4. The molecule has 0 bridgehead atoms. The first-order chi connectivity index (χ1) is 16.4. The van der Waals surface area contributed by atoms with E-state index in [4.69, 9.17) is 0 Å². The van der Waals surface area contributed by atoms with Gasteiger partial charge in [-0.1, -0.05) is 84.9 Å². The van der Waals surface area contributed by atoms with Crippen LogP contribution in [0.25, 0.3) is 21.5 Å². The summed E-state index contributed by atoms with van der Waals surface area (Å²) in [5.41, 5.74) is 3.91. The van der Waals surface area contributed by atoms with Gasteiger partial charge in [-0.05, 0) is 25.0 Å². The van der Waals surface area contributed by atoms with Gasteiger partial charge in [-0.3, -0.25) is 9.59 Å². The lowest BCUT2D eigenvalue weighted by atomic mass is 9.82. The Morgan fingerprint density at radius 3 is 1.71 bits per heavy atom. The number of carbonyl (C=O) groups is 2. The Kier molecular flexibility index (Phi) is 5.14. The Morgan fingerprint density at radius 1 is 0.500 bits per heavy atom. The van der Waals surface area contributed by atoms with Crippen molar-refractivity contribution in [2.24, 2.45) is 0 Å². The number of fused-ring (bicyclic) bond motifs is 4. The molecule has 0 amide bonds. The molecule has 5 aromatic carbocycles. The maximum absolute atomic E-state index is 12.3. The number of phenols is 2. The molecule has 1 aliphatic rings. The summed E-state index contributed by atoms with van der Waals surface area (Å²) < 4.78 is 0. The van der Waals surface area contributed by atoms with Crippen LogP contribution < -0.4 is 0 Å². The Labute approximate surface area is 196 Å². The first-order valence-electron chi connectivity index (χ1n) is 11.0. The number of aromatic hydroxyl groups is 2. The number of ketones is 2. The summed E-state index contributed by atoms with van der Waals surface area (Å²) in [6, 6.07) is 25.3. The summed E-state index contributed by atoms with van der Waals surface area (Å²) in [5, 5.41) is 23.3. The standard InChI is InChI=1S/C15H12O2.C15H10O2/c2*1-9-5-4-8-12-13(9)15(17)11-7-3-2-6-10(11)14(12)16/h2-8,16-17H,1H3;2-8H,1H3. The van der Waals surface area contributed by atoms with Gasteiger partial charge in [0.15, 0.2) is 11.6 Å². The number of rotatable bonds is 0. The summed E-state index contributed by atoms with van der Waals surface area (Å²) in [7, 11) is 0. The molecule has 34 heavy (non-hydrogen) atoms. The maximum Gasteiger partial charge on any atom is 0.194 e. The number of phenolic OH excluding ortho intramolecular Hbond substituents is 2. The fourth-order valence-electron chi connectivity index (χ4n) is 4.67. The van der Waals surface area contributed by atoms with Crippen LogP contribution in [0.2, 0.25) is 0 Å². The third kappa shape index (κ3) is 3.23. The summed E-state index contributed by atoms with van der Waals surface area (Å²) in [6.45, 7) is 3.79. The number of hydrogen-bond acceptors (Lipinski definition) is 4. The molecule has 5 aromatic rings. The van der Waals surface area contributed by atoms with Crippen molar-refractivity contribution < 1.29 is 19.8 Å². The highest BCUT2D eigenvalue weighted by Gasteiger charge is 2.29. The fraction of sp³-hybridized carbons (Fsp3) is 0.0667. The Balaban J connectivity index is 0.000000142. The predicted molar refractivity (Wildman–Crippen MR) is 134 cm³/mol. The monoisotopic (exact) mass is 446 g/mol. The Morgan fingerprint density at radius 2 is 1.00 bits per heavy atom. The minimum atomic E-state index is -0.0566. The van der Waals surface area contributed by atoms with E-state index < -0.39 is 0 Å². The molecule has 0 heterocycles. The zero-order chi connectivity index (χ0) is 24.0. The molecule has 0 saturated carbocycles. The molecule has 0 aromatic heterocycles. The average Bonchev–Trinajstić information content (AvgIpc) is 2.86. The summed E-state index contributed by atoms with van der Waals surface area (Å²) in [4.78, 5) is 24.6. The van der Waals surface area contributed by atoms with Gasteiger partial charge in [0, 0.05) is 43.8 Å². The van der Waals surface area contributed by atoms with Crippen LogP contribution in [0.5, 0.6) is 11.5 Å². The number of hydrogen-bond donors (Lipinski definition) is 2. The van der Waals surface area contributed by atoms with E-state index >= 15 is 0 Å². The first-order valence-corrected chi connectivity index (χ1v) is 11.0. The van der Waals surface area contributed by atoms with Crippen molar-refractivity contribution in [3.05, 3.63) is 118 Å². The molecule has 1 aliphatic carbocycles. The Hall–Kier alpha value is -4.44. The molecule has 0 saturated heterocycles. The molecule has 166 valence electrons. The SMILES string of the molecule is Cc1cccc2c(O)c3ccccc3c(O)c12.Cc1cccc2c1C(=O)c1ccccc1C2=O. The van der Waals surface area contributed by atoms with Crippen LogP contribution in [-0.2, 0) is 0 Å². The second-order valence-corrected chi connectivity index (χ2v) is 8.44. The van der Waals surface area contributed by atoms with Gasteiger partial charge in [0.05, 0.1) is 0 Å². The van der Waals surface area contributed by atoms with Crippen molar-refractivity contribution in [3.8, 4) is 11.5 Å². The van der Waals surface area contributed by atoms with Gasteiger partial charge < -0.3 is 10.2 Å². The van der Waals surface area contributed by atoms with Crippen LogP contribution >= 0.6 is 0 Å². The molecule has 2 N–H and O–H groups in total. The van der Waals surface area contributed by atoms with Crippen LogP contribution in [0.1, 0.15) is 43.0 Å². The van der Waals surface area contributed by atoms with Crippen LogP contribution in [-0.4, -0.2) is 21.8 Å². The summed E-state index contributed by atoms with van der Waals surface area (Å²) in [5.74, 6) is 0.371. The minimum absolute atomic E-state index is 0.0479. The lowest BCUT2D eigenvalue weighted by Crippen LogP contribution is -2.21. The van der Waals surface area contributed by atoms with Crippen molar-refractivity contribution in [2.75, 3.05) is 0 Å². The van der Waals surface area contributed by atoms with E-state index in [1.54, 1.807) is 30.3 Å². The van der Waals surface area contributed by atoms with Crippen molar-refractivity contribution in [1.29, 1.82) is 0 Å². The van der Waals surface area contributed by atoms with Gasteiger partial charge in [-0.2, -0.15) is 0 Å². The van der Waals surface area contributed by atoms with Crippen molar-refractivity contribution >= 4 is 33.1 Å². The predicted octanol–water partition coefficient (Wildman–Crippen LogP) is 6.48. The largest absolute Gasteiger partial charge is 0.507 e. The summed E-state index contributed by atoms with van der Waals surface area (Å²) in [6.07, 6.45) is 0. The normalized spacial score (nSPS) is 12.2. The van der Waals surface area contributed by atoms with Crippen molar-refractivity contribution in [2.45, 2.75) is 13.8 Å². The molecule has 0 atom stereocenters. The smallest absolute Gasteiger partial charge is 0.194 e. The van der Waals surface area contributed by atoms with Gasteiger partial charge in [0.25, 0.3) is 0 Å². The molecule has 4 heteroatoms. The van der Waals surface area contributed by atoms with Gasteiger partial charge >= 0.3 is 0 Å². The van der Waals surface area contributed by atoms with Crippen LogP contribution in [0.15, 0.2) is 84.9 Å². The minimum Gasteiger partial charge on any atom is -0.507 e. The average molecular weight is 447 g/mol. The highest BCUT2D eigenvalue weighted by molar-refractivity contribution is 6.28. The topological polar surface area (TPSA) is 74.6 Å². The van der Waals surface area contributed by atoms with E-state index in [0.717, 1.165) is 16.5 Å². The third-order valence-corrected chi connectivity index (χ3v) is 6.36. The van der Waals surface area contributed by atoms with Gasteiger partial charge in [-0.15, -0.1) is 0 Å². The lowest BCUT2D eigenvalue weighted by molar-refractivity contribution is 0.0978. The quantitative estimate of drug-likeness (QED) is 0.207. The zero-order valence-electron chi connectivity index (χ0n) is 18.8. The highest BCUT2D eigenvalue weighted by Crippen LogP contribution is 2.42. The maximum atomic E-state index is 12.3. The van der Waals surface area contributed by atoms with Gasteiger partial charge in [-0.25, -0.2) is 0 Å². The molecule has 0 spiro atoms.